The van der Waals surface area contributed by atoms with Gasteiger partial charge in [0.15, 0.2) is 0 Å². The van der Waals surface area contributed by atoms with Crippen LogP contribution in [0.25, 0.3) is 0 Å². The quantitative estimate of drug-likeness (QED) is 0.799. The number of hydrogen-bond acceptors (Lipinski definition) is 4. The number of hydrogen-bond donors (Lipinski definition) is 2. The second-order valence-corrected chi connectivity index (χ2v) is 4.55. The number of aliphatic hydroxyl groups excluding tert-OH is 2. The van der Waals surface area contributed by atoms with Crippen LogP contribution < -0.4 is 4.90 Å². The van der Waals surface area contributed by atoms with Crippen molar-refractivity contribution in [2.45, 2.75) is 6.61 Å². The summed E-state index contributed by atoms with van der Waals surface area (Å²) in [6.07, 6.45) is 0. The number of aliphatic hydroxyl groups is 2. The highest BCUT2D eigenvalue weighted by Gasteiger charge is 2.10. The van der Waals surface area contributed by atoms with Crippen molar-refractivity contribution in [3.05, 3.63) is 28.2 Å². The van der Waals surface area contributed by atoms with Gasteiger partial charge in [-0.2, -0.15) is 0 Å². The minimum absolute atomic E-state index is 0.0241. The lowest BCUT2D eigenvalue weighted by atomic mass is 10.1. The van der Waals surface area contributed by atoms with E-state index in [4.69, 9.17) is 9.84 Å². The molecule has 0 saturated carbocycles. The fourth-order valence-corrected chi connectivity index (χ4v) is 2.07. The Morgan fingerprint density at radius 2 is 2.06 bits per heavy atom. The summed E-state index contributed by atoms with van der Waals surface area (Å²) in [5.74, 6) is 0. The second kappa shape index (κ2) is 7.66. The van der Waals surface area contributed by atoms with Crippen LogP contribution in [0.4, 0.5) is 5.69 Å². The van der Waals surface area contributed by atoms with E-state index in [1.165, 1.54) is 0 Å². The molecular weight excluding hydrogens is 286 g/mol. The first kappa shape index (κ1) is 14.4. The summed E-state index contributed by atoms with van der Waals surface area (Å²) < 4.78 is 5.97. The van der Waals surface area contributed by atoms with E-state index in [1.54, 1.807) is 7.11 Å². The fraction of sp³-hybridized carbons (Fsp3) is 0.500. The van der Waals surface area contributed by atoms with Crippen molar-refractivity contribution >= 4 is 21.6 Å². The Labute approximate surface area is 110 Å². The first-order valence-corrected chi connectivity index (χ1v) is 6.26. The van der Waals surface area contributed by atoms with E-state index in [2.05, 4.69) is 15.9 Å². The number of anilines is 1. The van der Waals surface area contributed by atoms with Gasteiger partial charge >= 0.3 is 0 Å². The number of nitrogens with zero attached hydrogens (tertiary/aromatic N) is 1. The zero-order valence-electron chi connectivity index (χ0n) is 9.90. The van der Waals surface area contributed by atoms with Crippen molar-refractivity contribution in [1.82, 2.24) is 0 Å². The average Bonchev–Trinajstić information content (AvgIpc) is 2.34. The standard InChI is InChI=1S/C12H18BrNO3/c1-17-7-5-14(4-6-15)12-3-2-11(13)8-10(12)9-16/h2-3,8,15-16H,4-7,9H2,1H3. The van der Waals surface area contributed by atoms with Crippen molar-refractivity contribution in [2.75, 3.05) is 38.3 Å². The summed E-state index contributed by atoms with van der Waals surface area (Å²) in [4.78, 5) is 2.00. The molecule has 1 rings (SSSR count). The van der Waals surface area contributed by atoms with Crippen LogP contribution in [0.3, 0.4) is 0 Å². The van der Waals surface area contributed by atoms with Gasteiger partial charge in [-0.15, -0.1) is 0 Å². The molecule has 0 amide bonds. The molecule has 0 aliphatic carbocycles. The van der Waals surface area contributed by atoms with Crippen LogP contribution in [-0.4, -0.2) is 43.6 Å². The van der Waals surface area contributed by atoms with Gasteiger partial charge in [0, 0.05) is 35.9 Å². The van der Waals surface area contributed by atoms with Crippen molar-refractivity contribution < 1.29 is 14.9 Å². The molecule has 1 aromatic carbocycles. The maximum Gasteiger partial charge on any atom is 0.0702 e. The molecule has 0 heterocycles. The topological polar surface area (TPSA) is 52.9 Å². The summed E-state index contributed by atoms with van der Waals surface area (Å²) in [5, 5.41) is 18.4. The molecule has 0 aromatic heterocycles. The van der Waals surface area contributed by atoms with Crippen LogP contribution in [0, 0.1) is 0 Å². The predicted octanol–water partition coefficient (Wildman–Crippen LogP) is 1.39. The molecule has 0 fully saturated rings. The number of benzene rings is 1. The van der Waals surface area contributed by atoms with Crippen LogP contribution in [0.15, 0.2) is 22.7 Å². The van der Waals surface area contributed by atoms with Crippen LogP contribution in [0.2, 0.25) is 0 Å². The molecule has 4 nitrogen and oxygen atoms in total. The molecular formula is C12H18BrNO3. The van der Waals surface area contributed by atoms with Gasteiger partial charge in [-0.05, 0) is 18.2 Å². The lowest BCUT2D eigenvalue weighted by molar-refractivity contribution is 0.202. The zero-order chi connectivity index (χ0) is 12.7. The van der Waals surface area contributed by atoms with Gasteiger partial charge < -0.3 is 19.8 Å². The molecule has 0 bridgehead atoms. The molecule has 0 aliphatic rings. The normalized spacial score (nSPS) is 10.6. The van der Waals surface area contributed by atoms with Crippen LogP contribution >= 0.6 is 15.9 Å². The van der Waals surface area contributed by atoms with E-state index in [1.807, 2.05) is 23.1 Å². The van der Waals surface area contributed by atoms with Crippen molar-refractivity contribution in [3.63, 3.8) is 0 Å². The summed E-state index contributed by atoms with van der Waals surface area (Å²) in [6.45, 7) is 1.85. The molecule has 0 spiro atoms. The molecule has 0 atom stereocenters. The average molecular weight is 304 g/mol. The molecule has 0 aliphatic heterocycles. The van der Waals surface area contributed by atoms with Crippen LogP contribution in [0.5, 0.6) is 0 Å². The smallest absolute Gasteiger partial charge is 0.0702 e. The molecule has 96 valence electrons. The van der Waals surface area contributed by atoms with E-state index >= 15 is 0 Å². The third kappa shape index (κ3) is 4.27. The highest BCUT2D eigenvalue weighted by atomic mass is 79.9. The lowest BCUT2D eigenvalue weighted by Gasteiger charge is -2.26. The molecule has 5 heteroatoms. The first-order chi connectivity index (χ1) is 8.22. The predicted molar refractivity (Wildman–Crippen MR) is 71.2 cm³/mol. The Kier molecular flexibility index (Phi) is 6.50. The Bertz CT molecular complexity index is 347. The Morgan fingerprint density at radius 3 is 2.65 bits per heavy atom. The SMILES string of the molecule is COCCN(CCO)c1ccc(Br)cc1CO. The Morgan fingerprint density at radius 1 is 1.29 bits per heavy atom. The van der Waals surface area contributed by atoms with Crippen LogP contribution in [0.1, 0.15) is 5.56 Å². The van der Waals surface area contributed by atoms with Gasteiger partial charge in [-0.1, -0.05) is 15.9 Å². The highest BCUT2D eigenvalue weighted by Crippen LogP contribution is 2.24. The van der Waals surface area contributed by atoms with Crippen molar-refractivity contribution in [2.24, 2.45) is 0 Å². The van der Waals surface area contributed by atoms with Gasteiger partial charge in [0.2, 0.25) is 0 Å². The van der Waals surface area contributed by atoms with Crippen molar-refractivity contribution in [1.29, 1.82) is 0 Å². The number of ether oxygens (including phenoxy) is 1. The molecule has 2 N–H and O–H groups in total. The monoisotopic (exact) mass is 303 g/mol. The summed E-state index contributed by atoms with van der Waals surface area (Å²) in [6, 6.07) is 5.74. The molecule has 0 unspecified atom stereocenters. The minimum atomic E-state index is -0.0241. The fourth-order valence-electron chi connectivity index (χ4n) is 1.66. The molecule has 0 saturated heterocycles. The van der Waals surface area contributed by atoms with E-state index < -0.39 is 0 Å². The maximum atomic E-state index is 9.34. The van der Waals surface area contributed by atoms with Gasteiger partial charge in [-0.25, -0.2) is 0 Å². The minimum Gasteiger partial charge on any atom is -0.395 e. The second-order valence-electron chi connectivity index (χ2n) is 3.63. The van der Waals surface area contributed by atoms with E-state index in [9.17, 15) is 5.11 Å². The van der Waals surface area contributed by atoms with Crippen molar-refractivity contribution in [3.8, 4) is 0 Å². The third-order valence-electron chi connectivity index (χ3n) is 2.49. The van der Waals surface area contributed by atoms with Gasteiger partial charge in [0.25, 0.3) is 0 Å². The highest BCUT2D eigenvalue weighted by molar-refractivity contribution is 9.10. The Balaban J connectivity index is 2.91. The summed E-state index contributed by atoms with van der Waals surface area (Å²) in [7, 11) is 1.64. The van der Waals surface area contributed by atoms with E-state index in [-0.39, 0.29) is 13.2 Å². The maximum absolute atomic E-state index is 9.34. The number of halogens is 1. The number of methoxy groups -OCH3 is 1. The van der Waals surface area contributed by atoms with Crippen LogP contribution in [-0.2, 0) is 11.3 Å². The first-order valence-electron chi connectivity index (χ1n) is 5.47. The summed E-state index contributed by atoms with van der Waals surface area (Å²) in [5.41, 5.74) is 1.77. The molecule has 0 radical (unpaired) electrons. The van der Waals surface area contributed by atoms with Gasteiger partial charge in [-0.3, -0.25) is 0 Å². The van der Waals surface area contributed by atoms with E-state index in [0.29, 0.717) is 19.7 Å². The molecule has 1 aromatic rings. The largest absolute Gasteiger partial charge is 0.395 e. The Hall–Kier alpha value is -0.620. The summed E-state index contributed by atoms with van der Waals surface area (Å²) >= 11 is 3.37. The molecule has 17 heavy (non-hydrogen) atoms. The van der Waals surface area contributed by atoms with Gasteiger partial charge in [0.05, 0.1) is 19.8 Å². The lowest BCUT2D eigenvalue weighted by Crippen LogP contribution is -2.31. The zero-order valence-corrected chi connectivity index (χ0v) is 11.5. The number of rotatable bonds is 7. The van der Waals surface area contributed by atoms with E-state index in [0.717, 1.165) is 15.7 Å². The van der Waals surface area contributed by atoms with Gasteiger partial charge in [0.1, 0.15) is 0 Å². The third-order valence-corrected chi connectivity index (χ3v) is 2.98.